The SMILES string of the molecule is Oc1cc(O)c(/C=N/Nc2ccc(Cl)nn2)cc1O. The Bertz CT molecular complexity index is 616. The first-order chi connectivity index (χ1) is 9.06. The molecular formula is C11H9ClN4O3. The van der Waals surface area contributed by atoms with Crippen molar-refractivity contribution in [2.45, 2.75) is 0 Å². The molecule has 2 aromatic rings. The maximum absolute atomic E-state index is 9.51. The van der Waals surface area contributed by atoms with Gasteiger partial charge >= 0.3 is 0 Å². The van der Waals surface area contributed by atoms with E-state index in [1.165, 1.54) is 18.3 Å². The summed E-state index contributed by atoms with van der Waals surface area (Å²) in [4.78, 5) is 0. The molecule has 98 valence electrons. The molecule has 1 aromatic heterocycles. The Hall–Kier alpha value is -2.54. The lowest BCUT2D eigenvalue weighted by molar-refractivity contribution is 0.396. The van der Waals surface area contributed by atoms with E-state index < -0.39 is 5.75 Å². The molecule has 0 aliphatic rings. The summed E-state index contributed by atoms with van der Waals surface area (Å²) < 4.78 is 0. The number of nitrogens with one attached hydrogen (secondary N) is 1. The molecular weight excluding hydrogens is 272 g/mol. The first kappa shape index (κ1) is 12.9. The average molecular weight is 281 g/mol. The number of hydrogen-bond acceptors (Lipinski definition) is 7. The van der Waals surface area contributed by atoms with Gasteiger partial charge in [-0.1, -0.05) is 11.6 Å². The highest BCUT2D eigenvalue weighted by Gasteiger charge is 2.05. The molecule has 0 bridgehead atoms. The zero-order valence-electron chi connectivity index (χ0n) is 9.45. The van der Waals surface area contributed by atoms with Crippen LogP contribution in [0, 0.1) is 0 Å². The lowest BCUT2D eigenvalue weighted by Crippen LogP contribution is -1.95. The van der Waals surface area contributed by atoms with Crippen LogP contribution in [0.4, 0.5) is 5.82 Å². The van der Waals surface area contributed by atoms with Crippen molar-refractivity contribution in [3.05, 3.63) is 35.0 Å². The molecule has 0 saturated heterocycles. The number of phenolic OH excluding ortho intramolecular Hbond substituents is 3. The van der Waals surface area contributed by atoms with Crippen molar-refractivity contribution in [1.82, 2.24) is 10.2 Å². The molecule has 0 unspecified atom stereocenters. The fraction of sp³-hybridized carbons (Fsp3) is 0. The Morgan fingerprint density at radius 1 is 1.05 bits per heavy atom. The largest absolute Gasteiger partial charge is 0.507 e. The Kier molecular flexibility index (Phi) is 3.67. The summed E-state index contributed by atoms with van der Waals surface area (Å²) in [5.74, 6) is -0.622. The van der Waals surface area contributed by atoms with Crippen LogP contribution in [-0.2, 0) is 0 Å². The quantitative estimate of drug-likeness (QED) is 0.295. The first-order valence-electron chi connectivity index (χ1n) is 5.09. The number of rotatable bonds is 3. The normalized spacial score (nSPS) is 10.8. The monoisotopic (exact) mass is 280 g/mol. The maximum Gasteiger partial charge on any atom is 0.168 e. The zero-order chi connectivity index (χ0) is 13.8. The van der Waals surface area contributed by atoms with Crippen molar-refractivity contribution in [2.24, 2.45) is 5.10 Å². The highest BCUT2D eigenvalue weighted by molar-refractivity contribution is 6.29. The second-order valence-corrected chi connectivity index (χ2v) is 3.90. The van der Waals surface area contributed by atoms with Gasteiger partial charge in [0.15, 0.2) is 22.5 Å². The number of hydrogen-bond donors (Lipinski definition) is 4. The molecule has 4 N–H and O–H groups in total. The van der Waals surface area contributed by atoms with Crippen molar-refractivity contribution in [2.75, 3.05) is 5.43 Å². The molecule has 0 saturated carbocycles. The van der Waals surface area contributed by atoms with Gasteiger partial charge in [0.05, 0.1) is 6.21 Å². The number of anilines is 1. The zero-order valence-corrected chi connectivity index (χ0v) is 10.2. The van der Waals surface area contributed by atoms with Gasteiger partial charge in [0.2, 0.25) is 0 Å². The summed E-state index contributed by atoms with van der Waals surface area (Å²) in [6, 6.07) is 5.29. The molecule has 1 heterocycles. The molecule has 7 nitrogen and oxygen atoms in total. The van der Waals surface area contributed by atoms with E-state index >= 15 is 0 Å². The van der Waals surface area contributed by atoms with E-state index in [0.717, 1.165) is 6.07 Å². The highest BCUT2D eigenvalue weighted by Crippen LogP contribution is 2.31. The Morgan fingerprint density at radius 3 is 2.47 bits per heavy atom. The van der Waals surface area contributed by atoms with Gasteiger partial charge in [0.25, 0.3) is 0 Å². The Morgan fingerprint density at radius 2 is 1.79 bits per heavy atom. The van der Waals surface area contributed by atoms with E-state index in [2.05, 4.69) is 20.7 Å². The molecule has 0 aliphatic carbocycles. The van der Waals surface area contributed by atoms with Crippen LogP contribution in [0.25, 0.3) is 0 Å². The van der Waals surface area contributed by atoms with Crippen molar-refractivity contribution >= 4 is 23.6 Å². The van der Waals surface area contributed by atoms with E-state index in [4.69, 9.17) is 16.7 Å². The minimum atomic E-state index is -0.411. The predicted octanol–water partition coefficient (Wildman–Crippen LogP) is 1.69. The van der Waals surface area contributed by atoms with Gasteiger partial charge in [-0.25, -0.2) is 0 Å². The second kappa shape index (κ2) is 5.40. The summed E-state index contributed by atoms with van der Waals surface area (Å²) in [6.45, 7) is 0. The molecule has 2 rings (SSSR count). The standard InChI is InChI=1S/C11H9ClN4O3/c12-10-1-2-11(16-14-10)15-13-5-6-3-8(18)9(19)4-7(6)17/h1-5,17-19H,(H,15,16)/b13-5+. The topological polar surface area (TPSA) is 111 Å². The van der Waals surface area contributed by atoms with E-state index in [0.29, 0.717) is 5.82 Å². The summed E-state index contributed by atoms with van der Waals surface area (Å²) >= 11 is 5.57. The third kappa shape index (κ3) is 3.23. The Balaban J connectivity index is 2.11. The number of halogens is 1. The van der Waals surface area contributed by atoms with Gasteiger partial charge < -0.3 is 15.3 Å². The van der Waals surface area contributed by atoms with E-state index in [-0.39, 0.29) is 22.2 Å². The molecule has 0 amide bonds. The first-order valence-corrected chi connectivity index (χ1v) is 5.47. The summed E-state index contributed by atoms with van der Waals surface area (Å²) in [5.41, 5.74) is 2.79. The molecule has 8 heteroatoms. The fourth-order valence-electron chi connectivity index (χ4n) is 1.23. The smallest absolute Gasteiger partial charge is 0.168 e. The number of benzene rings is 1. The van der Waals surface area contributed by atoms with Gasteiger partial charge in [0, 0.05) is 11.6 Å². The Labute approximate surface area is 112 Å². The van der Waals surface area contributed by atoms with Gasteiger partial charge in [0.1, 0.15) is 5.75 Å². The van der Waals surface area contributed by atoms with Crippen molar-refractivity contribution in [3.63, 3.8) is 0 Å². The summed E-state index contributed by atoms with van der Waals surface area (Å²) in [7, 11) is 0. The fourth-order valence-corrected chi connectivity index (χ4v) is 1.33. The lowest BCUT2D eigenvalue weighted by Gasteiger charge is -2.02. The third-order valence-corrected chi connectivity index (χ3v) is 2.34. The van der Waals surface area contributed by atoms with Crippen LogP contribution in [0.15, 0.2) is 29.4 Å². The van der Waals surface area contributed by atoms with Gasteiger partial charge in [-0.2, -0.15) is 5.10 Å². The van der Waals surface area contributed by atoms with Gasteiger partial charge in [-0.05, 0) is 18.2 Å². The van der Waals surface area contributed by atoms with Crippen LogP contribution in [0.1, 0.15) is 5.56 Å². The van der Waals surface area contributed by atoms with Crippen LogP contribution >= 0.6 is 11.6 Å². The van der Waals surface area contributed by atoms with Gasteiger partial charge in [-0.15, -0.1) is 10.2 Å². The lowest BCUT2D eigenvalue weighted by atomic mass is 10.2. The van der Waals surface area contributed by atoms with Crippen LogP contribution in [-0.4, -0.2) is 31.7 Å². The highest BCUT2D eigenvalue weighted by atomic mass is 35.5. The molecule has 19 heavy (non-hydrogen) atoms. The van der Waals surface area contributed by atoms with E-state index in [1.54, 1.807) is 6.07 Å². The maximum atomic E-state index is 9.51. The second-order valence-electron chi connectivity index (χ2n) is 3.51. The van der Waals surface area contributed by atoms with Crippen LogP contribution in [0.2, 0.25) is 5.15 Å². The van der Waals surface area contributed by atoms with Gasteiger partial charge in [-0.3, -0.25) is 5.43 Å². The van der Waals surface area contributed by atoms with Crippen LogP contribution < -0.4 is 5.43 Å². The average Bonchev–Trinajstić information content (AvgIpc) is 2.38. The van der Waals surface area contributed by atoms with Crippen molar-refractivity contribution in [3.8, 4) is 17.2 Å². The molecule has 0 aliphatic heterocycles. The molecule has 0 atom stereocenters. The third-order valence-electron chi connectivity index (χ3n) is 2.14. The molecule has 0 fully saturated rings. The number of hydrazone groups is 1. The van der Waals surface area contributed by atoms with Crippen molar-refractivity contribution in [1.29, 1.82) is 0 Å². The summed E-state index contributed by atoms with van der Waals surface area (Å²) in [6.07, 6.45) is 1.25. The van der Waals surface area contributed by atoms with E-state index in [1.807, 2.05) is 0 Å². The molecule has 0 radical (unpaired) electrons. The molecule has 1 aromatic carbocycles. The minimum Gasteiger partial charge on any atom is -0.507 e. The number of phenols is 3. The number of aromatic hydroxyl groups is 3. The van der Waals surface area contributed by atoms with Crippen LogP contribution in [0.3, 0.4) is 0 Å². The summed E-state index contributed by atoms with van der Waals surface area (Å²) in [5, 5.41) is 39.3. The van der Waals surface area contributed by atoms with Crippen molar-refractivity contribution < 1.29 is 15.3 Å². The number of aromatic nitrogens is 2. The number of nitrogens with zero attached hydrogens (tertiary/aromatic N) is 3. The minimum absolute atomic E-state index is 0.219. The molecule has 0 spiro atoms. The predicted molar refractivity (Wildman–Crippen MR) is 69.7 cm³/mol. The van der Waals surface area contributed by atoms with Crippen LogP contribution in [0.5, 0.6) is 17.2 Å². The van der Waals surface area contributed by atoms with E-state index in [9.17, 15) is 10.2 Å².